The molecule has 0 aliphatic heterocycles. The number of carbonyl (C=O) groups excluding carboxylic acids is 2. The van der Waals surface area contributed by atoms with Crippen LogP contribution in [0.1, 0.15) is 47.1 Å². The first kappa shape index (κ1) is 18.2. The zero-order chi connectivity index (χ0) is 16.9. The number of rotatable bonds is 6. The second-order valence-corrected chi connectivity index (χ2v) is 6.77. The van der Waals surface area contributed by atoms with Crippen molar-refractivity contribution in [3.8, 4) is 0 Å². The van der Waals surface area contributed by atoms with Crippen LogP contribution < -0.4 is 5.32 Å². The van der Waals surface area contributed by atoms with Crippen molar-refractivity contribution in [1.82, 2.24) is 10.2 Å². The van der Waals surface area contributed by atoms with Gasteiger partial charge in [0.05, 0.1) is 0 Å². The van der Waals surface area contributed by atoms with E-state index in [4.69, 9.17) is 0 Å². The van der Waals surface area contributed by atoms with Gasteiger partial charge in [0, 0.05) is 18.6 Å². The van der Waals surface area contributed by atoms with Crippen molar-refractivity contribution >= 4 is 11.8 Å². The summed E-state index contributed by atoms with van der Waals surface area (Å²) in [6.07, 6.45) is 0. The molecule has 0 aliphatic carbocycles. The lowest BCUT2D eigenvalue weighted by Gasteiger charge is -2.34. The van der Waals surface area contributed by atoms with Crippen LogP contribution in [0.25, 0.3) is 0 Å². The van der Waals surface area contributed by atoms with Crippen LogP contribution in [0.3, 0.4) is 0 Å². The minimum atomic E-state index is -1.08. The summed E-state index contributed by atoms with van der Waals surface area (Å²) in [6, 6.07) is 9.88. The summed E-state index contributed by atoms with van der Waals surface area (Å²) in [5.41, 5.74) is -0.0202. The Balaban J connectivity index is 2.95. The topological polar surface area (TPSA) is 49.4 Å². The van der Waals surface area contributed by atoms with Gasteiger partial charge < -0.3 is 10.2 Å². The lowest BCUT2D eigenvalue weighted by molar-refractivity contribution is -0.150. The highest BCUT2D eigenvalue weighted by molar-refractivity contribution is 6.04. The standard InChI is InChI=1S/C18H28N2O2/c1-13(2)19-16(21)18(5,6)17(22)20(14(3)4)12-15-10-8-7-9-11-15/h7-11,13-14H,12H2,1-6H3,(H,19,21). The number of amides is 2. The summed E-state index contributed by atoms with van der Waals surface area (Å²) in [4.78, 5) is 27.0. The van der Waals surface area contributed by atoms with E-state index in [1.165, 1.54) is 0 Å². The first-order valence-electron chi connectivity index (χ1n) is 7.82. The molecule has 0 radical (unpaired) electrons. The molecule has 122 valence electrons. The Morgan fingerprint density at radius 2 is 1.64 bits per heavy atom. The lowest BCUT2D eigenvalue weighted by atomic mass is 9.89. The fraction of sp³-hybridized carbons (Fsp3) is 0.556. The molecular formula is C18H28N2O2. The second kappa shape index (κ2) is 7.43. The van der Waals surface area contributed by atoms with Crippen LogP contribution in [-0.2, 0) is 16.1 Å². The lowest BCUT2D eigenvalue weighted by Crippen LogP contribution is -2.52. The highest BCUT2D eigenvalue weighted by Crippen LogP contribution is 2.23. The molecule has 1 aromatic carbocycles. The van der Waals surface area contributed by atoms with Gasteiger partial charge in [0.25, 0.3) is 0 Å². The quantitative estimate of drug-likeness (QED) is 0.821. The third kappa shape index (κ3) is 4.58. The van der Waals surface area contributed by atoms with Crippen LogP contribution >= 0.6 is 0 Å². The van der Waals surface area contributed by atoms with E-state index >= 15 is 0 Å². The van der Waals surface area contributed by atoms with Crippen molar-refractivity contribution in [2.75, 3.05) is 0 Å². The first-order valence-corrected chi connectivity index (χ1v) is 7.82. The molecule has 1 N–H and O–H groups in total. The Kier molecular flexibility index (Phi) is 6.15. The van der Waals surface area contributed by atoms with E-state index in [1.54, 1.807) is 18.7 Å². The van der Waals surface area contributed by atoms with E-state index < -0.39 is 5.41 Å². The van der Waals surface area contributed by atoms with Gasteiger partial charge in [-0.25, -0.2) is 0 Å². The van der Waals surface area contributed by atoms with Gasteiger partial charge >= 0.3 is 0 Å². The van der Waals surface area contributed by atoms with Gasteiger partial charge in [0.2, 0.25) is 11.8 Å². The van der Waals surface area contributed by atoms with Crippen LogP contribution in [-0.4, -0.2) is 28.8 Å². The molecular weight excluding hydrogens is 276 g/mol. The minimum Gasteiger partial charge on any atom is -0.353 e. The van der Waals surface area contributed by atoms with Crippen LogP contribution in [0, 0.1) is 5.41 Å². The molecule has 0 bridgehead atoms. The maximum Gasteiger partial charge on any atom is 0.238 e. The number of benzene rings is 1. The normalized spacial score (nSPS) is 11.6. The van der Waals surface area contributed by atoms with Crippen molar-refractivity contribution in [2.45, 2.75) is 60.2 Å². The average molecular weight is 304 g/mol. The Labute approximate surface area is 133 Å². The van der Waals surface area contributed by atoms with Crippen LogP contribution in [0.5, 0.6) is 0 Å². The fourth-order valence-electron chi connectivity index (χ4n) is 2.17. The molecule has 0 atom stereocenters. The van der Waals surface area contributed by atoms with Gasteiger partial charge in [0.15, 0.2) is 0 Å². The summed E-state index contributed by atoms with van der Waals surface area (Å²) in [7, 11) is 0. The summed E-state index contributed by atoms with van der Waals surface area (Å²) in [6.45, 7) is 11.6. The third-order valence-corrected chi connectivity index (χ3v) is 3.60. The molecule has 0 spiro atoms. The molecule has 1 aromatic rings. The number of hydrogen-bond donors (Lipinski definition) is 1. The molecule has 0 aromatic heterocycles. The first-order chi connectivity index (χ1) is 10.2. The van der Waals surface area contributed by atoms with Gasteiger partial charge in [0.1, 0.15) is 5.41 Å². The molecule has 0 unspecified atom stereocenters. The smallest absolute Gasteiger partial charge is 0.238 e. The highest BCUT2D eigenvalue weighted by atomic mass is 16.2. The molecule has 4 heteroatoms. The van der Waals surface area contributed by atoms with Crippen molar-refractivity contribution in [3.63, 3.8) is 0 Å². The van der Waals surface area contributed by atoms with E-state index in [-0.39, 0.29) is 23.9 Å². The SMILES string of the molecule is CC(C)NC(=O)C(C)(C)C(=O)N(Cc1ccccc1)C(C)C. The molecule has 0 fully saturated rings. The predicted molar refractivity (Wildman–Crippen MR) is 89.2 cm³/mol. The molecule has 0 aliphatic rings. The third-order valence-electron chi connectivity index (χ3n) is 3.60. The van der Waals surface area contributed by atoms with Gasteiger partial charge in [-0.3, -0.25) is 9.59 Å². The zero-order valence-corrected chi connectivity index (χ0v) is 14.5. The van der Waals surface area contributed by atoms with Gasteiger partial charge in [-0.15, -0.1) is 0 Å². The van der Waals surface area contributed by atoms with Crippen LogP contribution in [0.4, 0.5) is 0 Å². The zero-order valence-electron chi connectivity index (χ0n) is 14.5. The maximum absolute atomic E-state index is 12.9. The van der Waals surface area contributed by atoms with Gasteiger partial charge in [-0.2, -0.15) is 0 Å². The monoisotopic (exact) mass is 304 g/mol. The minimum absolute atomic E-state index is 0.0150. The van der Waals surface area contributed by atoms with Crippen LogP contribution in [0.2, 0.25) is 0 Å². The number of nitrogens with zero attached hydrogens (tertiary/aromatic N) is 1. The summed E-state index contributed by atoms with van der Waals surface area (Å²) >= 11 is 0. The summed E-state index contributed by atoms with van der Waals surface area (Å²) in [5, 5.41) is 2.84. The molecule has 0 saturated carbocycles. The molecule has 22 heavy (non-hydrogen) atoms. The largest absolute Gasteiger partial charge is 0.353 e. The summed E-state index contributed by atoms with van der Waals surface area (Å²) in [5.74, 6) is -0.379. The van der Waals surface area contributed by atoms with Crippen LogP contribution in [0.15, 0.2) is 30.3 Å². The second-order valence-electron chi connectivity index (χ2n) is 6.77. The summed E-state index contributed by atoms with van der Waals surface area (Å²) < 4.78 is 0. The Hall–Kier alpha value is -1.84. The van der Waals surface area contributed by atoms with Crippen molar-refractivity contribution < 1.29 is 9.59 Å². The molecule has 1 rings (SSSR count). The molecule has 0 heterocycles. The molecule has 4 nitrogen and oxygen atoms in total. The van der Waals surface area contributed by atoms with Crippen molar-refractivity contribution in [1.29, 1.82) is 0 Å². The average Bonchev–Trinajstić information content (AvgIpc) is 2.44. The van der Waals surface area contributed by atoms with Crippen molar-refractivity contribution in [3.05, 3.63) is 35.9 Å². The van der Waals surface area contributed by atoms with E-state index in [0.29, 0.717) is 6.54 Å². The fourth-order valence-corrected chi connectivity index (χ4v) is 2.17. The van der Waals surface area contributed by atoms with E-state index in [2.05, 4.69) is 5.32 Å². The molecule has 2 amide bonds. The highest BCUT2D eigenvalue weighted by Gasteiger charge is 2.40. The Morgan fingerprint density at radius 3 is 2.09 bits per heavy atom. The van der Waals surface area contributed by atoms with Crippen molar-refractivity contribution in [2.24, 2.45) is 5.41 Å². The Morgan fingerprint density at radius 1 is 1.09 bits per heavy atom. The van der Waals surface area contributed by atoms with E-state index in [9.17, 15) is 9.59 Å². The number of carbonyl (C=O) groups is 2. The Bertz CT molecular complexity index is 507. The number of nitrogens with one attached hydrogen (secondary N) is 1. The van der Waals surface area contributed by atoms with E-state index in [1.807, 2.05) is 58.0 Å². The maximum atomic E-state index is 12.9. The van der Waals surface area contributed by atoms with Gasteiger partial charge in [-0.05, 0) is 47.1 Å². The predicted octanol–water partition coefficient (Wildman–Crippen LogP) is 2.97. The van der Waals surface area contributed by atoms with E-state index in [0.717, 1.165) is 5.56 Å². The number of hydrogen-bond acceptors (Lipinski definition) is 2. The molecule has 0 saturated heterocycles. The van der Waals surface area contributed by atoms with Gasteiger partial charge in [-0.1, -0.05) is 30.3 Å².